The Bertz CT molecular complexity index is 653. The van der Waals surface area contributed by atoms with Crippen LogP contribution in [0.2, 0.25) is 5.02 Å². The SMILES string of the molecule is Cc1cc(C)c(N)c(C(=O)OCc2cccc(Cl)c2)c1. The molecule has 0 saturated heterocycles. The van der Waals surface area contributed by atoms with Crippen LogP contribution < -0.4 is 5.73 Å². The molecule has 0 radical (unpaired) electrons. The molecule has 4 heteroatoms. The zero-order chi connectivity index (χ0) is 14.7. The number of benzene rings is 2. The minimum atomic E-state index is -0.422. The number of aryl methyl sites for hydroxylation is 2. The number of nitrogens with two attached hydrogens (primary N) is 1. The summed E-state index contributed by atoms with van der Waals surface area (Å²) in [6.45, 7) is 3.96. The van der Waals surface area contributed by atoms with E-state index in [4.69, 9.17) is 22.1 Å². The Kier molecular flexibility index (Phi) is 4.30. The standard InChI is InChI=1S/C16H16ClNO2/c1-10-6-11(2)15(18)14(7-10)16(19)20-9-12-4-3-5-13(17)8-12/h3-8H,9,18H2,1-2H3. The Morgan fingerprint density at radius 1 is 1.25 bits per heavy atom. The van der Waals surface area contributed by atoms with Gasteiger partial charge in [-0.05, 0) is 48.7 Å². The molecule has 0 unspecified atom stereocenters. The number of esters is 1. The molecule has 0 atom stereocenters. The van der Waals surface area contributed by atoms with Gasteiger partial charge < -0.3 is 10.5 Å². The van der Waals surface area contributed by atoms with Crippen LogP contribution in [0, 0.1) is 13.8 Å². The van der Waals surface area contributed by atoms with E-state index in [9.17, 15) is 4.79 Å². The Labute approximate surface area is 123 Å². The summed E-state index contributed by atoms with van der Waals surface area (Å²) >= 11 is 5.88. The maximum absolute atomic E-state index is 12.1. The number of nitrogen functional groups attached to an aromatic ring is 1. The fraction of sp³-hybridized carbons (Fsp3) is 0.188. The highest BCUT2D eigenvalue weighted by Gasteiger charge is 2.13. The lowest BCUT2D eigenvalue weighted by Crippen LogP contribution is -2.09. The maximum atomic E-state index is 12.1. The van der Waals surface area contributed by atoms with Gasteiger partial charge in [-0.25, -0.2) is 4.79 Å². The van der Waals surface area contributed by atoms with Crippen LogP contribution in [0.4, 0.5) is 5.69 Å². The van der Waals surface area contributed by atoms with E-state index in [0.29, 0.717) is 16.3 Å². The van der Waals surface area contributed by atoms with E-state index in [1.54, 1.807) is 18.2 Å². The van der Waals surface area contributed by atoms with E-state index in [1.165, 1.54) is 0 Å². The zero-order valence-electron chi connectivity index (χ0n) is 11.4. The van der Waals surface area contributed by atoms with Crippen LogP contribution in [0.1, 0.15) is 27.0 Å². The molecular formula is C16H16ClNO2. The molecule has 0 aliphatic carbocycles. The van der Waals surface area contributed by atoms with Crippen molar-refractivity contribution in [3.8, 4) is 0 Å². The summed E-state index contributed by atoms with van der Waals surface area (Å²) in [4.78, 5) is 12.1. The first-order chi connectivity index (χ1) is 9.47. The van der Waals surface area contributed by atoms with Crippen LogP contribution >= 0.6 is 11.6 Å². The van der Waals surface area contributed by atoms with Gasteiger partial charge in [0.1, 0.15) is 6.61 Å². The summed E-state index contributed by atoms with van der Waals surface area (Å²) in [5.74, 6) is -0.422. The van der Waals surface area contributed by atoms with Crippen molar-refractivity contribution in [1.82, 2.24) is 0 Å². The number of hydrogen-bond acceptors (Lipinski definition) is 3. The quantitative estimate of drug-likeness (QED) is 0.689. The zero-order valence-corrected chi connectivity index (χ0v) is 12.2. The molecule has 0 spiro atoms. The van der Waals surface area contributed by atoms with Crippen molar-refractivity contribution < 1.29 is 9.53 Å². The first-order valence-corrected chi connectivity index (χ1v) is 6.63. The van der Waals surface area contributed by atoms with Gasteiger partial charge in [0.25, 0.3) is 0 Å². The molecule has 0 aliphatic rings. The van der Waals surface area contributed by atoms with Gasteiger partial charge in [0, 0.05) is 10.7 Å². The summed E-state index contributed by atoms with van der Waals surface area (Å²) in [5, 5.41) is 0.615. The van der Waals surface area contributed by atoms with Gasteiger partial charge in [0.05, 0.1) is 5.56 Å². The van der Waals surface area contributed by atoms with Gasteiger partial charge in [-0.15, -0.1) is 0 Å². The molecule has 0 aromatic heterocycles. The lowest BCUT2D eigenvalue weighted by molar-refractivity contribution is 0.0474. The van der Waals surface area contributed by atoms with Gasteiger partial charge in [-0.2, -0.15) is 0 Å². The predicted octanol–water partition coefficient (Wildman–Crippen LogP) is 3.90. The molecule has 0 saturated carbocycles. The van der Waals surface area contributed by atoms with Gasteiger partial charge in [-0.1, -0.05) is 29.8 Å². The van der Waals surface area contributed by atoms with Crippen LogP contribution in [0.25, 0.3) is 0 Å². The summed E-state index contributed by atoms with van der Waals surface area (Å²) < 4.78 is 5.28. The number of anilines is 1. The molecule has 2 rings (SSSR count). The molecule has 104 valence electrons. The number of ether oxygens (including phenoxy) is 1. The molecule has 2 aromatic carbocycles. The second kappa shape index (κ2) is 5.97. The summed E-state index contributed by atoms with van der Waals surface area (Å²) in [7, 11) is 0. The Hall–Kier alpha value is -2.00. The van der Waals surface area contributed by atoms with Gasteiger partial charge >= 0.3 is 5.97 Å². The molecule has 3 nitrogen and oxygen atoms in total. The Balaban J connectivity index is 2.13. The number of carbonyl (C=O) groups excluding carboxylic acids is 1. The second-order valence-corrected chi connectivity index (χ2v) is 5.19. The number of carbonyl (C=O) groups is 1. The van der Waals surface area contributed by atoms with Crippen molar-refractivity contribution in [2.45, 2.75) is 20.5 Å². The van der Waals surface area contributed by atoms with E-state index in [0.717, 1.165) is 16.7 Å². The van der Waals surface area contributed by atoms with Crippen molar-refractivity contribution in [2.75, 3.05) is 5.73 Å². The third-order valence-corrected chi connectivity index (χ3v) is 3.25. The highest BCUT2D eigenvalue weighted by atomic mass is 35.5. The molecule has 2 N–H and O–H groups in total. The minimum Gasteiger partial charge on any atom is -0.457 e. The highest BCUT2D eigenvalue weighted by Crippen LogP contribution is 2.21. The van der Waals surface area contributed by atoms with E-state index in [2.05, 4.69) is 0 Å². The lowest BCUT2D eigenvalue weighted by Gasteiger charge is -2.10. The number of rotatable bonds is 3. The summed E-state index contributed by atoms with van der Waals surface area (Å²) in [6.07, 6.45) is 0. The van der Waals surface area contributed by atoms with E-state index in [1.807, 2.05) is 32.0 Å². The van der Waals surface area contributed by atoms with E-state index < -0.39 is 5.97 Å². The number of halogens is 1. The normalized spacial score (nSPS) is 10.3. The van der Waals surface area contributed by atoms with Crippen LogP contribution in [0.5, 0.6) is 0 Å². The monoisotopic (exact) mass is 289 g/mol. The van der Waals surface area contributed by atoms with Crippen molar-refractivity contribution >= 4 is 23.3 Å². The maximum Gasteiger partial charge on any atom is 0.340 e. The van der Waals surface area contributed by atoms with Gasteiger partial charge in [-0.3, -0.25) is 0 Å². The van der Waals surface area contributed by atoms with E-state index in [-0.39, 0.29) is 6.61 Å². The van der Waals surface area contributed by atoms with Crippen LogP contribution in [0.3, 0.4) is 0 Å². The van der Waals surface area contributed by atoms with Crippen LogP contribution in [-0.2, 0) is 11.3 Å². The van der Waals surface area contributed by atoms with Gasteiger partial charge in [0.15, 0.2) is 0 Å². The van der Waals surface area contributed by atoms with Gasteiger partial charge in [0.2, 0.25) is 0 Å². The van der Waals surface area contributed by atoms with Crippen molar-refractivity contribution in [1.29, 1.82) is 0 Å². The van der Waals surface area contributed by atoms with E-state index >= 15 is 0 Å². The molecule has 0 aliphatic heterocycles. The topological polar surface area (TPSA) is 52.3 Å². The largest absolute Gasteiger partial charge is 0.457 e. The second-order valence-electron chi connectivity index (χ2n) is 4.75. The fourth-order valence-corrected chi connectivity index (χ4v) is 2.21. The van der Waals surface area contributed by atoms with Crippen molar-refractivity contribution in [2.24, 2.45) is 0 Å². The summed E-state index contributed by atoms with van der Waals surface area (Å²) in [6, 6.07) is 10.9. The molecule has 0 heterocycles. The molecular weight excluding hydrogens is 274 g/mol. The Morgan fingerprint density at radius 3 is 2.70 bits per heavy atom. The molecule has 0 bridgehead atoms. The first kappa shape index (κ1) is 14.4. The Morgan fingerprint density at radius 2 is 2.00 bits per heavy atom. The number of hydrogen-bond donors (Lipinski definition) is 1. The van der Waals surface area contributed by atoms with Crippen LogP contribution in [-0.4, -0.2) is 5.97 Å². The first-order valence-electron chi connectivity index (χ1n) is 6.25. The smallest absolute Gasteiger partial charge is 0.340 e. The van der Waals surface area contributed by atoms with Crippen LogP contribution in [0.15, 0.2) is 36.4 Å². The minimum absolute atomic E-state index is 0.172. The third kappa shape index (κ3) is 3.31. The average Bonchev–Trinajstić information content (AvgIpc) is 2.40. The predicted molar refractivity (Wildman–Crippen MR) is 80.9 cm³/mol. The van der Waals surface area contributed by atoms with Crippen molar-refractivity contribution in [3.05, 3.63) is 63.7 Å². The molecule has 0 fully saturated rings. The molecule has 0 amide bonds. The molecule has 20 heavy (non-hydrogen) atoms. The fourth-order valence-electron chi connectivity index (χ4n) is 2.00. The molecule has 2 aromatic rings. The highest BCUT2D eigenvalue weighted by molar-refractivity contribution is 6.30. The van der Waals surface area contributed by atoms with Crippen molar-refractivity contribution in [3.63, 3.8) is 0 Å². The summed E-state index contributed by atoms with van der Waals surface area (Å²) in [5.41, 5.74) is 9.49. The average molecular weight is 290 g/mol. The third-order valence-electron chi connectivity index (χ3n) is 3.01. The lowest BCUT2D eigenvalue weighted by atomic mass is 10.0.